The largest absolute Gasteiger partial charge is 0.325 e. The number of Topliss-reactive ketones (excluding diaryl/α,β-unsaturated/α-hetero) is 1. The minimum atomic E-state index is -3.67. The van der Waals surface area contributed by atoms with Gasteiger partial charge in [0.15, 0.2) is 5.78 Å². The maximum atomic E-state index is 13.8. The molecule has 224 valence electrons. The van der Waals surface area contributed by atoms with Crippen molar-refractivity contribution in [3.8, 4) is 0 Å². The molecule has 5 aromatic rings. The highest BCUT2D eigenvalue weighted by molar-refractivity contribution is 7.91. The number of carbonyl (C=O) groups is 1. The van der Waals surface area contributed by atoms with Crippen molar-refractivity contribution in [1.29, 1.82) is 0 Å². The molecule has 1 aliphatic rings. The molecular formula is C32H36N6O3S2. The first-order chi connectivity index (χ1) is 20.8. The number of nitrogens with two attached hydrogens (primary N) is 1. The van der Waals surface area contributed by atoms with Crippen molar-refractivity contribution in [2.24, 2.45) is 11.7 Å². The zero-order valence-corrected chi connectivity index (χ0v) is 25.8. The Balaban J connectivity index is 1.35. The summed E-state index contributed by atoms with van der Waals surface area (Å²) in [6.45, 7) is 2.79. The predicted molar refractivity (Wildman–Crippen MR) is 173 cm³/mol. The van der Waals surface area contributed by atoms with Crippen molar-refractivity contribution in [2.75, 3.05) is 24.9 Å². The molecule has 0 bridgehead atoms. The van der Waals surface area contributed by atoms with Crippen LogP contribution in [0.25, 0.3) is 21.8 Å². The molecule has 0 amide bonds. The van der Waals surface area contributed by atoms with Crippen LogP contribution in [0.1, 0.15) is 53.0 Å². The summed E-state index contributed by atoms with van der Waals surface area (Å²) in [5.74, 6) is 0.491. The number of hydrogen-bond donors (Lipinski definition) is 2. The summed E-state index contributed by atoms with van der Waals surface area (Å²) in [5.41, 5.74) is 9.99. The van der Waals surface area contributed by atoms with Gasteiger partial charge in [-0.1, -0.05) is 24.3 Å². The normalized spacial score (nSPS) is 14.9. The van der Waals surface area contributed by atoms with Gasteiger partial charge in [-0.05, 0) is 109 Å². The first kappa shape index (κ1) is 29.4. The molecule has 1 saturated heterocycles. The number of carbonyl (C=O) groups excluding carboxylic acids is 1. The summed E-state index contributed by atoms with van der Waals surface area (Å²) >= 11 is 1.22. The molecule has 0 spiro atoms. The number of rotatable bonds is 11. The van der Waals surface area contributed by atoms with E-state index in [2.05, 4.69) is 21.0 Å². The molecule has 11 heteroatoms. The lowest BCUT2D eigenvalue weighted by molar-refractivity contribution is 0.0957. The van der Waals surface area contributed by atoms with E-state index in [-0.39, 0.29) is 11.5 Å². The van der Waals surface area contributed by atoms with Gasteiger partial charge in [-0.2, -0.15) is 0 Å². The van der Waals surface area contributed by atoms with Crippen molar-refractivity contribution in [3.63, 3.8) is 0 Å². The van der Waals surface area contributed by atoms with E-state index in [1.165, 1.54) is 11.5 Å². The van der Waals surface area contributed by atoms with E-state index in [4.69, 9.17) is 10.7 Å². The summed E-state index contributed by atoms with van der Waals surface area (Å²) < 4.78 is 34.8. The molecule has 3 N–H and O–H groups in total. The molecule has 3 aromatic heterocycles. The van der Waals surface area contributed by atoms with E-state index in [0.29, 0.717) is 48.0 Å². The van der Waals surface area contributed by atoms with E-state index < -0.39 is 10.0 Å². The second-order valence-electron chi connectivity index (χ2n) is 11.5. The van der Waals surface area contributed by atoms with Crippen molar-refractivity contribution in [1.82, 2.24) is 18.8 Å². The average Bonchev–Trinajstić information content (AvgIpc) is 3.63. The van der Waals surface area contributed by atoms with E-state index in [1.807, 2.05) is 59.2 Å². The van der Waals surface area contributed by atoms with Gasteiger partial charge in [0.2, 0.25) is 10.0 Å². The Morgan fingerprint density at radius 2 is 1.91 bits per heavy atom. The van der Waals surface area contributed by atoms with Crippen molar-refractivity contribution >= 4 is 54.8 Å². The molecule has 4 heterocycles. The fraction of sp³-hybridized carbons (Fsp3) is 0.344. The van der Waals surface area contributed by atoms with Gasteiger partial charge in [0, 0.05) is 35.6 Å². The third-order valence-electron chi connectivity index (χ3n) is 8.30. The number of aromatic nitrogens is 3. The lowest BCUT2D eigenvalue weighted by atomic mass is 9.91. The number of sulfonamides is 1. The van der Waals surface area contributed by atoms with Gasteiger partial charge in [-0.3, -0.25) is 9.52 Å². The Morgan fingerprint density at radius 1 is 1.09 bits per heavy atom. The van der Waals surface area contributed by atoms with Crippen LogP contribution in [0, 0.1) is 5.92 Å². The third-order valence-corrected chi connectivity index (χ3v) is 10.2. The fourth-order valence-electron chi connectivity index (χ4n) is 5.97. The Hall–Kier alpha value is -3.64. The molecule has 1 aliphatic heterocycles. The standard InChI is InChI=1S/C32H36N6O3S2/c1-37-12-10-22(11-13-37)6-9-31(39)30-16-25-7-8-27(17-33)35-32(25)38(30)19-26-15-28(14-24-4-2-3-5-29(24)26)36-43(40,41)21-23-18-34-42-20-23/h2-5,7-8,14-16,18,20,22,36H,6,9-13,17,19,21,33H2,1H3. The summed E-state index contributed by atoms with van der Waals surface area (Å²) in [4.78, 5) is 20.9. The topological polar surface area (TPSA) is 123 Å². The van der Waals surface area contributed by atoms with E-state index >= 15 is 0 Å². The van der Waals surface area contributed by atoms with Crippen LogP contribution < -0.4 is 10.5 Å². The van der Waals surface area contributed by atoms with Gasteiger partial charge in [-0.25, -0.2) is 17.8 Å². The number of ketones is 1. The zero-order chi connectivity index (χ0) is 30.0. The van der Waals surface area contributed by atoms with Crippen LogP contribution in [0.5, 0.6) is 0 Å². The van der Waals surface area contributed by atoms with Crippen molar-refractivity contribution in [3.05, 3.63) is 88.7 Å². The Kier molecular flexibility index (Phi) is 8.58. The average molecular weight is 617 g/mol. The van der Waals surface area contributed by atoms with Crippen LogP contribution in [0.3, 0.4) is 0 Å². The van der Waals surface area contributed by atoms with E-state index in [0.717, 1.165) is 59.8 Å². The van der Waals surface area contributed by atoms with Gasteiger partial charge < -0.3 is 15.2 Å². The maximum absolute atomic E-state index is 13.8. The highest BCUT2D eigenvalue weighted by Crippen LogP contribution is 2.30. The molecule has 0 radical (unpaired) electrons. The number of piperidine rings is 1. The smallest absolute Gasteiger partial charge is 0.237 e. The van der Waals surface area contributed by atoms with Crippen LogP contribution in [-0.4, -0.2) is 53.2 Å². The Bertz CT molecular complexity index is 1860. The molecule has 6 rings (SSSR count). The Morgan fingerprint density at radius 3 is 2.67 bits per heavy atom. The minimum Gasteiger partial charge on any atom is -0.325 e. The van der Waals surface area contributed by atoms with Crippen LogP contribution in [0.4, 0.5) is 5.69 Å². The van der Waals surface area contributed by atoms with Crippen LogP contribution in [0.2, 0.25) is 0 Å². The van der Waals surface area contributed by atoms with E-state index in [1.54, 1.807) is 11.6 Å². The van der Waals surface area contributed by atoms with Gasteiger partial charge in [0.05, 0.1) is 23.7 Å². The SMILES string of the molecule is CN1CCC(CCC(=O)c2cc3ccc(CN)nc3n2Cc2cc(NS(=O)(=O)Cc3cnsc3)cc3ccccc23)CC1. The van der Waals surface area contributed by atoms with Crippen LogP contribution in [-0.2, 0) is 28.9 Å². The second kappa shape index (κ2) is 12.5. The van der Waals surface area contributed by atoms with Gasteiger partial charge in [-0.15, -0.1) is 0 Å². The van der Waals surface area contributed by atoms with E-state index in [9.17, 15) is 13.2 Å². The molecule has 2 aromatic carbocycles. The molecule has 0 aliphatic carbocycles. The second-order valence-corrected chi connectivity index (χ2v) is 13.9. The summed E-state index contributed by atoms with van der Waals surface area (Å²) in [6.07, 6.45) is 5.15. The summed E-state index contributed by atoms with van der Waals surface area (Å²) in [7, 11) is -1.52. The molecule has 0 saturated carbocycles. The number of fused-ring (bicyclic) bond motifs is 2. The van der Waals surface area contributed by atoms with Crippen molar-refractivity contribution < 1.29 is 13.2 Å². The molecule has 1 fully saturated rings. The minimum absolute atomic E-state index is 0.0942. The number of hydrogen-bond acceptors (Lipinski definition) is 8. The quantitative estimate of drug-likeness (QED) is 0.191. The van der Waals surface area contributed by atoms with Crippen LogP contribution >= 0.6 is 11.5 Å². The molecular weight excluding hydrogens is 581 g/mol. The summed E-state index contributed by atoms with van der Waals surface area (Å²) in [6, 6.07) is 17.4. The maximum Gasteiger partial charge on any atom is 0.237 e. The number of nitrogens with one attached hydrogen (secondary N) is 1. The number of anilines is 1. The highest BCUT2D eigenvalue weighted by atomic mass is 32.2. The monoisotopic (exact) mass is 616 g/mol. The molecule has 43 heavy (non-hydrogen) atoms. The lowest BCUT2D eigenvalue weighted by Crippen LogP contribution is -2.30. The van der Waals surface area contributed by atoms with Crippen LogP contribution in [0.15, 0.2) is 66.2 Å². The molecule has 0 unspecified atom stereocenters. The first-order valence-electron chi connectivity index (χ1n) is 14.6. The van der Waals surface area contributed by atoms with Gasteiger partial charge >= 0.3 is 0 Å². The number of nitrogens with zero attached hydrogens (tertiary/aromatic N) is 4. The molecule has 0 atom stereocenters. The number of pyridine rings is 1. The highest BCUT2D eigenvalue weighted by Gasteiger charge is 2.22. The first-order valence-corrected chi connectivity index (χ1v) is 17.1. The Labute approximate surface area is 255 Å². The number of likely N-dealkylation sites (tertiary alicyclic amines) is 1. The fourth-order valence-corrected chi connectivity index (χ4v) is 7.76. The summed E-state index contributed by atoms with van der Waals surface area (Å²) in [5, 5.41) is 4.49. The third kappa shape index (κ3) is 6.80. The lowest BCUT2D eigenvalue weighted by Gasteiger charge is -2.28. The predicted octanol–water partition coefficient (Wildman–Crippen LogP) is 5.40. The zero-order valence-electron chi connectivity index (χ0n) is 24.2. The number of benzene rings is 2. The van der Waals surface area contributed by atoms with Gasteiger partial charge in [0.25, 0.3) is 0 Å². The van der Waals surface area contributed by atoms with Gasteiger partial charge in [0.1, 0.15) is 5.65 Å². The molecule has 9 nitrogen and oxygen atoms in total. The van der Waals surface area contributed by atoms with Crippen molar-refractivity contribution in [2.45, 2.75) is 44.5 Å².